The number of rotatable bonds is 1. The van der Waals surface area contributed by atoms with Gasteiger partial charge in [0.2, 0.25) is 16.1 Å². The smallest absolute Gasteiger partial charge is 0.227 e. The molecule has 0 saturated carbocycles. The molecule has 8 heteroatoms. The number of benzene rings is 1. The minimum atomic E-state index is -4.92. The molecule has 1 heterocycles. The number of hydrogen-bond acceptors (Lipinski definition) is 5. The van der Waals surface area contributed by atoms with Crippen LogP contribution >= 0.6 is 0 Å². The van der Waals surface area contributed by atoms with Crippen molar-refractivity contribution in [2.45, 2.75) is 13.8 Å². The molecular formula is C12H16N2O5S. The van der Waals surface area contributed by atoms with Crippen molar-refractivity contribution in [2.75, 3.05) is 12.4 Å². The molecule has 110 valence electrons. The lowest BCUT2D eigenvalue weighted by molar-refractivity contribution is -0.351. The predicted molar refractivity (Wildman–Crippen MR) is 74.0 cm³/mol. The van der Waals surface area contributed by atoms with Crippen LogP contribution in [0.4, 0.5) is 11.4 Å². The van der Waals surface area contributed by atoms with Crippen molar-refractivity contribution in [1.29, 1.82) is 0 Å². The lowest BCUT2D eigenvalue weighted by Gasteiger charge is -2.06. The third-order valence-electron chi connectivity index (χ3n) is 2.32. The average Bonchev–Trinajstić information content (AvgIpc) is 2.42. The van der Waals surface area contributed by atoms with Crippen LogP contribution in [0.15, 0.2) is 30.0 Å². The zero-order valence-corrected chi connectivity index (χ0v) is 12.1. The summed E-state index contributed by atoms with van der Waals surface area (Å²) in [6.45, 7) is 4.09. The standard InChI is InChI=1S/C12H14N2O.H2O4S/c1-8-6-9(2)14-12-7-10(15-3)4-5-11(12)13-8;1-5(2,3)4/h4-7,14H,1-3H3;(H2,1,2,3,4). The average molecular weight is 300 g/mol. The van der Waals surface area contributed by atoms with Gasteiger partial charge in [0.25, 0.3) is 0 Å². The number of ether oxygens (including phenoxy) is 1. The van der Waals surface area contributed by atoms with Gasteiger partial charge in [0, 0.05) is 30.8 Å². The second kappa shape index (κ2) is 6.51. The molecule has 0 unspecified atom stereocenters. The molecule has 3 N–H and O–H groups in total. The van der Waals surface area contributed by atoms with Gasteiger partial charge in [-0.05, 0) is 13.0 Å². The summed E-state index contributed by atoms with van der Waals surface area (Å²) in [7, 11) is -3.24. The van der Waals surface area contributed by atoms with Crippen LogP contribution in [0.2, 0.25) is 0 Å². The van der Waals surface area contributed by atoms with E-state index in [1.807, 2.05) is 32.0 Å². The molecule has 0 fully saturated rings. The van der Waals surface area contributed by atoms with Crippen LogP contribution < -0.4 is 15.0 Å². The maximum atomic E-state index is 8.63. The molecule has 20 heavy (non-hydrogen) atoms. The van der Waals surface area contributed by atoms with Crippen LogP contribution in [-0.2, 0) is 10.4 Å². The molecule has 0 amide bonds. The van der Waals surface area contributed by atoms with Crippen LogP contribution in [0.1, 0.15) is 13.8 Å². The van der Waals surface area contributed by atoms with E-state index in [0.717, 1.165) is 28.5 Å². The molecule has 0 atom stereocenters. The fraction of sp³-hybridized carbons (Fsp3) is 0.250. The zero-order valence-electron chi connectivity index (χ0n) is 11.3. The summed E-state index contributed by atoms with van der Waals surface area (Å²) in [6, 6.07) is 5.94. The normalized spacial score (nSPS) is 13.7. The first-order valence-corrected chi connectivity index (χ1v) is 6.98. The quantitative estimate of drug-likeness (QED) is 0.504. The Morgan fingerprint density at radius 1 is 1.35 bits per heavy atom. The predicted octanol–water partition coefficient (Wildman–Crippen LogP) is 0.202. The fourth-order valence-corrected chi connectivity index (χ4v) is 1.68. The molecule has 2 rings (SSSR count). The topological polar surface area (TPSA) is 113 Å². The van der Waals surface area contributed by atoms with Gasteiger partial charge in [0.1, 0.15) is 11.4 Å². The van der Waals surface area contributed by atoms with Gasteiger partial charge in [-0.1, -0.05) is 0 Å². The number of allylic oxidation sites excluding steroid dienone is 2. The zero-order chi connectivity index (χ0) is 15.3. The van der Waals surface area contributed by atoms with Crippen molar-refractivity contribution in [1.82, 2.24) is 0 Å². The second-order valence-electron chi connectivity index (χ2n) is 4.10. The van der Waals surface area contributed by atoms with Gasteiger partial charge in [0.05, 0.1) is 7.11 Å². The monoisotopic (exact) mass is 300 g/mol. The van der Waals surface area contributed by atoms with Crippen LogP contribution in [-0.4, -0.2) is 30.3 Å². The molecule has 1 aliphatic heterocycles. The maximum Gasteiger partial charge on any atom is 0.227 e. The molecule has 0 aromatic heterocycles. The SMILES string of the molecule is COc1ccc2c(c1)NC(C)=CC(C)=[NH+]2.O=S(=O)([O-])O. The van der Waals surface area contributed by atoms with E-state index in [2.05, 4.69) is 16.4 Å². The molecule has 7 nitrogen and oxygen atoms in total. The Labute approximate surface area is 117 Å². The Morgan fingerprint density at radius 2 is 1.95 bits per heavy atom. The van der Waals surface area contributed by atoms with Crippen molar-refractivity contribution < 1.29 is 27.3 Å². The lowest BCUT2D eigenvalue weighted by Crippen LogP contribution is -2.64. The Bertz CT molecular complexity index is 642. The molecule has 0 bridgehead atoms. The molecule has 0 aliphatic carbocycles. The molecule has 0 spiro atoms. The van der Waals surface area contributed by atoms with Crippen molar-refractivity contribution >= 4 is 27.5 Å². The lowest BCUT2D eigenvalue weighted by atomic mass is 10.2. The number of methoxy groups -OCH3 is 1. The summed E-state index contributed by atoms with van der Waals surface area (Å²) >= 11 is 0. The highest BCUT2D eigenvalue weighted by atomic mass is 32.3. The Balaban J connectivity index is 0.000000347. The second-order valence-corrected chi connectivity index (χ2v) is 4.96. The van der Waals surface area contributed by atoms with E-state index in [-0.39, 0.29) is 0 Å². The largest absolute Gasteiger partial charge is 0.726 e. The van der Waals surface area contributed by atoms with E-state index >= 15 is 0 Å². The Morgan fingerprint density at radius 3 is 2.50 bits per heavy atom. The van der Waals surface area contributed by atoms with Crippen LogP contribution in [0.25, 0.3) is 0 Å². The summed E-state index contributed by atoms with van der Waals surface area (Å²) in [5, 5.41) is 3.33. The first-order valence-electron chi connectivity index (χ1n) is 5.61. The van der Waals surface area contributed by atoms with Crippen molar-refractivity contribution in [3.05, 3.63) is 30.0 Å². The Kier molecular flexibility index (Phi) is 5.26. The third-order valence-corrected chi connectivity index (χ3v) is 2.32. The van der Waals surface area contributed by atoms with Crippen LogP contribution in [0.5, 0.6) is 5.75 Å². The summed E-state index contributed by atoms with van der Waals surface area (Å²) in [4.78, 5) is 3.33. The summed E-state index contributed by atoms with van der Waals surface area (Å²) in [6.07, 6.45) is 2.08. The summed E-state index contributed by atoms with van der Waals surface area (Å²) < 4.78 is 38.0. The van der Waals surface area contributed by atoms with Gasteiger partial charge in [-0.3, -0.25) is 4.55 Å². The van der Waals surface area contributed by atoms with E-state index < -0.39 is 10.4 Å². The van der Waals surface area contributed by atoms with Gasteiger partial charge in [-0.25, -0.2) is 13.4 Å². The minimum absolute atomic E-state index is 0.857. The first-order chi connectivity index (χ1) is 9.19. The van der Waals surface area contributed by atoms with E-state index in [9.17, 15) is 0 Å². The van der Waals surface area contributed by atoms with E-state index in [1.54, 1.807) is 7.11 Å². The van der Waals surface area contributed by atoms with E-state index in [4.69, 9.17) is 22.3 Å². The molecule has 0 radical (unpaired) electrons. The summed E-state index contributed by atoms with van der Waals surface area (Å²) in [5.74, 6) is 0.857. The first kappa shape index (κ1) is 16.2. The number of fused-ring (bicyclic) bond motifs is 1. The number of nitrogens with one attached hydrogen (secondary N) is 2. The van der Waals surface area contributed by atoms with Crippen LogP contribution in [0.3, 0.4) is 0 Å². The fourth-order valence-electron chi connectivity index (χ4n) is 1.68. The van der Waals surface area contributed by atoms with Crippen LogP contribution in [0, 0.1) is 0 Å². The Hall–Kier alpha value is -1.90. The highest BCUT2D eigenvalue weighted by Crippen LogP contribution is 2.25. The molecule has 0 saturated heterocycles. The minimum Gasteiger partial charge on any atom is -0.726 e. The number of hydrogen-bond donors (Lipinski definition) is 3. The molecular weight excluding hydrogens is 284 g/mol. The summed E-state index contributed by atoms with van der Waals surface area (Å²) in [5.41, 5.74) is 4.36. The van der Waals surface area contributed by atoms with E-state index in [1.165, 1.54) is 0 Å². The third kappa shape index (κ3) is 5.83. The van der Waals surface area contributed by atoms with Crippen molar-refractivity contribution in [2.24, 2.45) is 0 Å². The van der Waals surface area contributed by atoms with Crippen molar-refractivity contribution in [3.8, 4) is 5.75 Å². The van der Waals surface area contributed by atoms with Gasteiger partial charge >= 0.3 is 0 Å². The van der Waals surface area contributed by atoms with Crippen molar-refractivity contribution in [3.63, 3.8) is 0 Å². The molecule has 1 aromatic carbocycles. The van der Waals surface area contributed by atoms with E-state index in [0.29, 0.717) is 0 Å². The van der Waals surface area contributed by atoms with Gasteiger partial charge < -0.3 is 14.6 Å². The van der Waals surface area contributed by atoms with Gasteiger partial charge in [0.15, 0.2) is 5.71 Å². The molecule has 1 aliphatic rings. The van der Waals surface area contributed by atoms with Gasteiger partial charge in [-0.15, -0.1) is 0 Å². The number of anilines is 1. The highest BCUT2D eigenvalue weighted by molar-refractivity contribution is 7.79. The van der Waals surface area contributed by atoms with Gasteiger partial charge in [-0.2, -0.15) is 0 Å². The highest BCUT2D eigenvalue weighted by Gasteiger charge is 2.12. The maximum absolute atomic E-state index is 8.63. The molecule has 1 aromatic rings.